The number of amides is 1. The summed E-state index contributed by atoms with van der Waals surface area (Å²) in [4.78, 5) is 13.8. The standard InChI is InChI=1S/C13H14BrF2NO2/c14-7-9-8-19-5-4-17(9)13(18)6-10-11(15)2-1-3-12(10)16/h1-3,9H,4-8H2. The smallest absolute Gasteiger partial charge is 0.227 e. The predicted octanol–water partition coefficient (Wildman–Crippen LogP) is 2.13. The van der Waals surface area contributed by atoms with Crippen LogP contribution in [0.4, 0.5) is 8.78 Å². The zero-order valence-corrected chi connectivity index (χ0v) is 11.8. The highest BCUT2D eigenvalue weighted by Gasteiger charge is 2.27. The highest BCUT2D eigenvalue weighted by atomic mass is 79.9. The number of halogens is 3. The zero-order chi connectivity index (χ0) is 13.8. The lowest BCUT2D eigenvalue weighted by molar-refractivity contribution is -0.138. The molecule has 1 saturated heterocycles. The number of morpholine rings is 1. The lowest BCUT2D eigenvalue weighted by Gasteiger charge is -2.34. The Morgan fingerprint density at radius 2 is 2.11 bits per heavy atom. The molecule has 1 aromatic rings. The van der Waals surface area contributed by atoms with Gasteiger partial charge in [0.1, 0.15) is 11.6 Å². The van der Waals surface area contributed by atoms with Crippen molar-refractivity contribution in [3.63, 3.8) is 0 Å². The van der Waals surface area contributed by atoms with E-state index in [2.05, 4.69) is 15.9 Å². The van der Waals surface area contributed by atoms with Crippen LogP contribution in [-0.4, -0.2) is 41.9 Å². The molecule has 1 aliphatic rings. The van der Waals surface area contributed by atoms with Crippen molar-refractivity contribution in [1.29, 1.82) is 0 Å². The molecule has 3 nitrogen and oxygen atoms in total. The molecule has 1 aromatic carbocycles. The highest BCUT2D eigenvalue weighted by molar-refractivity contribution is 9.09. The average Bonchev–Trinajstić information content (AvgIpc) is 2.42. The third-order valence-electron chi connectivity index (χ3n) is 3.12. The van der Waals surface area contributed by atoms with Crippen LogP contribution in [0.25, 0.3) is 0 Å². The molecule has 0 aromatic heterocycles. The summed E-state index contributed by atoms with van der Waals surface area (Å²) in [6, 6.07) is 3.52. The van der Waals surface area contributed by atoms with E-state index in [0.717, 1.165) is 12.1 Å². The molecule has 1 atom stereocenters. The molecule has 1 fully saturated rings. The van der Waals surface area contributed by atoms with Gasteiger partial charge in [0.25, 0.3) is 0 Å². The van der Waals surface area contributed by atoms with Gasteiger partial charge in [0, 0.05) is 17.4 Å². The molecule has 0 saturated carbocycles. The van der Waals surface area contributed by atoms with Crippen molar-refractivity contribution < 1.29 is 18.3 Å². The first-order valence-electron chi connectivity index (χ1n) is 5.99. The number of hydrogen-bond donors (Lipinski definition) is 0. The quantitative estimate of drug-likeness (QED) is 0.793. The first-order valence-corrected chi connectivity index (χ1v) is 7.11. The number of ether oxygens (including phenoxy) is 1. The van der Waals surface area contributed by atoms with E-state index >= 15 is 0 Å². The molecular weight excluding hydrogens is 320 g/mol. The summed E-state index contributed by atoms with van der Waals surface area (Å²) < 4.78 is 32.3. The third kappa shape index (κ3) is 3.30. The average molecular weight is 334 g/mol. The number of carbonyl (C=O) groups excluding carboxylic acids is 1. The molecule has 0 aliphatic carbocycles. The van der Waals surface area contributed by atoms with Gasteiger partial charge in [0.15, 0.2) is 0 Å². The molecular formula is C13H14BrF2NO2. The van der Waals surface area contributed by atoms with Crippen LogP contribution >= 0.6 is 15.9 Å². The fourth-order valence-corrected chi connectivity index (χ4v) is 2.60. The van der Waals surface area contributed by atoms with E-state index in [9.17, 15) is 13.6 Å². The van der Waals surface area contributed by atoms with Gasteiger partial charge in [0.05, 0.1) is 25.7 Å². The van der Waals surface area contributed by atoms with Gasteiger partial charge in [-0.25, -0.2) is 8.78 Å². The van der Waals surface area contributed by atoms with Gasteiger partial charge in [0.2, 0.25) is 5.91 Å². The molecule has 104 valence electrons. The van der Waals surface area contributed by atoms with Crippen LogP contribution in [0.5, 0.6) is 0 Å². The van der Waals surface area contributed by atoms with Gasteiger partial charge in [-0.05, 0) is 12.1 Å². The molecule has 19 heavy (non-hydrogen) atoms. The highest BCUT2D eigenvalue weighted by Crippen LogP contribution is 2.16. The molecule has 2 rings (SSSR count). The molecule has 1 amide bonds. The molecule has 0 bridgehead atoms. The molecule has 1 heterocycles. The minimum Gasteiger partial charge on any atom is -0.377 e. The van der Waals surface area contributed by atoms with Crippen LogP contribution in [0.1, 0.15) is 5.56 Å². The van der Waals surface area contributed by atoms with Crippen molar-refractivity contribution in [3.05, 3.63) is 35.4 Å². The van der Waals surface area contributed by atoms with Gasteiger partial charge in [-0.2, -0.15) is 0 Å². The Bertz CT molecular complexity index is 450. The third-order valence-corrected chi connectivity index (χ3v) is 3.86. The number of hydrogen-bond acceptors (Lipinski definition) is 2. The Morgan fingerprint density at radius 1 is 1.42 bits per heavy atom. The Hall–Kier alpha value is -1.01. The topological polar surface area (TPSA) is 29.5 Å². The Kier molecular flexibility index (Phi) is 4.87. The molecule has 0 radical (unpaired) electrons. The van der Waals surface area contributed by atoms with Crippen LogP contribution in [0.15, 0.2) is 18.2 Å². The lowest BCUT2D eigenvalue weighted by atomic mass is 10.1. The Balaban J connectivity index is 2.12. The van der Waals surface area contributed by atoms with Gasteiger partial charge < -0.3 is 9.64 Å². The predicted molar refractivity (Wildman–Crippen MR) is 70.2 cm³/mol. The Morgan fingerprint density at radius 3 is 2.74 bits per heavy atom. The van der Waals surface area contributed by atoms with E-state index < -0.39 is 11.6 Å². The van der Waals surface area contributed by atoms with Crippen molar-refractivity contribution >= 4 is 21.8 Å². The summed E-state index contributed by atoms with van der Waals surface area (Å²) in [6.07, 6.45) is -0.262. The monoisotopic (exact) mass is 333 g/mol. The van der Waals surface area contributed by atoms with Crippen LogP contribution < -0.4 is 0 Å². The van der Waals surface area contributed by atoms with Gasteiger partial charge >= 0.3 is 0 Å². The molecule has 1 unspecified atom stereocenters. The van der Waals surface area contributed by atoms with Gasteiger partial charge in [-0.1, -0.05) is 22.0 Å². The molecule has 6 heteroatoms. The maximum absolute atomic E-state index is 13.5. The SMILES string of the molecule is O=C(Cc1c(F)cccc1F)N1CCOCC1CBr. The van der Waals surface area contributed by atoms with Crippen LogP contribution in [-0.2, 0) is 16.0 Å². The van der Waals surface area contributed by atoms with E-state index in [-0.39, 0.29) is 23.9 Å². The lowest BCUT2D eigenvalue weighted by Crippen LogP contribution is -2.50. The second kappa shape index (κ2) is 6.43. The molecule has 0 spiro atoms. The number of nitrogens with zero attached hydrogens (tertiary/aromatic N) is 1. The summed E-state index contributed by atoms with van der Waals surface area (Å²) in [6.45, 7) is 1.34. The van der Waals surface area contributed by atoms with Crippen LogP contribution in [0.2, 0.25) is 0 Å². The van der Waals surface area contributed by atoms with E-state index in [4.69, 9.17) is 4.74 Å². The van der Waals surface area contributed by atoms with Crippen molar-refractivity contribution in [2.24, 2.45) is 0 Å². The van der Waals surface area contributed by atoms with E-state index in [1.165, 1.54) is 6.07 Å². The fourth-order valence-electron chi connectivity index (χ4n) is 2.06. The fraction of sp³-hybridized carbons (Fsp3) is 0.462. The van der Waals surface area contributed by atoms with Crippen LogP contribution in [0.3, 0.4) is 0 Å². The summed E-state index contributed by atoms with van der Waals surface area (Å²) in [7, 11) is 0. The van der Waals surface area contributed by atoms with E-state index in [1.54, 1.807) is 4.90 Å². The maximum Gasteiger partial charge on any atom is 0.227 e. The van der Waals surface area contributed by atoms with Crippen molar-refractivity contribution in [2.45, 2.75) is 12.5 Å². The first-order chi connectivity index (χ1) is 9.13. The second-order valence-electron chi connectivity index (χ2n) is 4.35. The summed E-state index contributed by atoms with van der Waals surface area (Å²) in [5.74, 6) is -1.65. The number of benzene rings is 1. The Labute approximate surface area is 118 Å². The van der Waals surface area contributed by atoms with Crippen molar-refractivity contribution in [3.8, 4) is 0 Å². The first kappa shape index (κ1) is 14.4. The van der Waals surface area contributed by atoms with Gasteiger partial charge in [-0.15, -0.1) is 0 Å². The molecule has 0 N–H and O–H groups in total. The zero-order valence-electron chi connectivity index (χ0n) is 10.2. The van der Waals surface area contributed by atoms with Gasteiger partial charge in [-0.3, -0.25) is 4.79 Å². The minimum atomic E-state index is -0.683. The van der Waals surface area contributed by atoms with Crippen LogP contribution in [0, 0.1) is 11.6 Å². The largest absolute Gasteiger partial charge is 0.377 e. The maximum atomic E-state index is 13.5. The summed E-state index contributed by atoms with van der Waals surface area (Å²) in [5.41, 5.74) is -0.174. The molecule has 1 aliphatic heterocycles. The number of rotatable bonds is 3. The van der Waals surface area contributed by atoms with E-state index in [1.807, 2.05) is 0 Å². The van der Waals surface area contributed by atoms with Crippen molar-refractivity contribution in [1.82, 2.24) is 4.90 Å². The number of alkyl halides is 1. The number of carbonyl (C=O) groups is 1. The summed E-state index contributed by atoms with van der Waals surface area (Å²) >= 11 is 3.31. The minimum absolute atomic E-state index is 0.0870. The normalized spacial score (nSPS) is 19.5. The van der Waals surface area contributed by atoms with Crippen molar-refractivity contribution in [2.75, 3.05) is 25.1 Å². The second-order valence-corrected chi connectivity index (χ2v) is 4.99. The van der Waals surface area contributed by atoms with E-state index in [0.29, 0.717) is 25.1 Å². The summed E-state index contributed by atoms with van der Waals surface area (Å²) in [5, 5.41) is 0.582.